The minimum atomic E-state index is -4.37. The van der Waals surface area contributed by atoms with Crippen molar-refractivity contribution in [2.75, 3.05) is 0 Å². The van der Waals surface area contributed by atoms with E-state index in [1.165, 1.54) is 13.8 Å². The Balaban J connectivity index is 0. The first-order chi connectivity index (χ1) is 4.19. The molecule has 0 aromatic carbocycles. The van der Waals surface area contributed by atoms with Crippen LogP contribution in [0.3, 0.4) is 0 Å². The van der Waals surface area contributed by atoms with Crippen molar-refractivity contribution in [3.63, 3.8) is 0 Å². The Morgan fingerprint density at radius 2 is 1.64 bits per heavy atom. The summed E-state index contributed by atoms with van der Waals surface area (Å²) in [4.78, 5) is 0. The lowest BCUT2D eigenvalue weighted by atomic mass is 10.3. The van der Waals surface area contributed by atoms with Crippen molar-refractivity contribution in [2.24, 2.45) is 5.92 Å². The number of alkyl halides is 2. The summed E-state index contributed by atoms with van der Waals surface area (Å²) in [6.07, 6.45) is 0. The van der Waals surface area contributed by atoms with E-state index in [-0.39, 0.29) is 12.4 Å². The second-order valence-electron chi connectivity index (χ2n) is 2.19. The highest BCUT2D eigenvalue weighted by molar-refractivity contribution is 7.90. The molecular weight excluding hydrogens is 234 g/mol. The third-order valence-corrected chi connectivity index (χ3v) is 4.22. The first-order valence-corrected chi connectivity index (χ1v) is 4.74. The van der Waals surface area contributed by atoms with Crippen LogP contribution in [-0.2, 0) is 10.1 Å². The molecule has 1 N–H and O–H groups in total. The third kappa shape index (κ3) is 3.34. The molecule has 0 aromatic heterocycles. The molecule has 0 aliphatic carbocycles. The second-order valence-corrected chi connectivity index (χ2v) is 5.62. The molecule has 0 unspecified atom stereocenters. The van der Waals surface area contributed by atoms with E-state index in [9.17, 15) is 8.42 Å². The van der Waals surface area contributed by atoms with Crippen LogP contribution in [0.5, 0.6) is 0 Å². The molecule has 70 valence electrons. The van der Waals surface area contributed by atoms with Gasteiger partial charge in [-0.2, -0.15) is 8.42 Å². The molecule has 0 aliphatic heterocycles. The lowest BCUT2D eigenvalue weighted by molar-refractivity contribution is 0.457. The van der Waals surface area contributed by atoms with Gasteiger partial charge in [0, 0.05) is 5.92 Å². The number of hydrogen-bond donors (Lipinski definition) is 1. The van der Waals surface area contributed by atoms with Crippen LogP contribution in [0.4, 0.5) is 0 Å². The highest BCUT2D eigenvalue weighted by Gasteiger charge is 2.41. The van der Waals surface area contributed by atoms with Gasteiger partial charge in [0.2, 0.25) is 3.67 Å². The monoisotopic (exact) mass is 242 g/mol. The topological polar surface area (TPSA) is 54.4 Å². The van der Waals surface area contributed by atoms with Crippen LogP contribution >= 0.6 is 35.6 Å². The normalized spacial score (nSPS) is 12.9. The molecule has 0 aromatic rings. The van der Waals surface area contributed by atoms with Crippen LogP contribution in [0.25, 0.3) is 0 Å². The fourth-order valence-corrected chi connectivity index (χ4v) is 0.894. The molecule has 0 bridgehead atoms. The van der Waals surface area contributed by atoms with E-state index in [2.05, 4.69) is 0 Å². The van der Waals surface area contributed by atoms with Crippen molar-refractivity contribution in [3.8, 4) is 0 Å². The van der Waals surface area contributed by atoms with Crippen molar-refractivity contribution in [1.29, 1.82) is 0 Å². The molecule has 0 saturated carbocycles. The minimum Gasteiger partial charge on any atom is -0.283 e. The molecule has 0 heterocycles. The van der Waals surface area contributed by atoms with E-state index in [4.69, 9.17) is 27.8 Å². The summed E-state index contributed by atoms with van der Waals surface area (Å²) in [6, 6.07) is 0. The zero-order chi connectivity index (χ0) is 8.58. The first-order valence-electron chi connectivity index (χ1n) is 2.54. The van der Waals surface area contributed by atoms with Gasteiger partial charge in [-0.25, -0.2) is 0 Å². The van der Waals surface area contributed by atoms with Crippen LogP contribution in [0.15, 0.2) is 0 Å². The van der Waals surface area contributed by atoms with Crippen LogP contribution in [0.2, 0.25) is 0 Å². The first kappa shape index (κ1) is 14.3. The molecule has 0 atom stereocenters. The largest absolute Gasteiger partial charge is 0.299 e. The Bertz CT molecular complexity index is 209. The molecule has 11 heavy (non-hydrogen) atoms. The van der Waals surface area contributed by atoms with E-state index in [1.54, 1.807) is 0 Å². The summed E-state index contributed by atoms with van der Waals surface area (Å²) in [7, 11) is -4.37. The molecule has 0 spiro atoms. The Hall–Kier alpha value is 0.780. The molecule has 0 aliphatic rings. The summed E-state index contributed by atoms with van der Waals surface area (Å²) in [6.45, 7) is 2.99. The number of halogens is 3. The quantitative estimate of drug-likeness (QED) is 0.597. The van der Waals surface area contributed by atoms with Gasteiger partial charge in [-0.15, -0.1) is 12.4 Å². The van der Waals surface area contributed by atoms with Crippen molar-refractivity contribution in [1.82, 2.24) is 0 Å². The Labute approximate surface area is 82.2 Å². The molecule has 3 nitrogen and oxygen atoms in total. The predicted octanol–water partition coefficient (Wildman–Crippen LogP) is 2.08. The SMILES string of the molecule is CC(C)C(Cl)(Cl)S(=O)(=O)O.Cl. The van der Waals surface area contributed by atoms with Crippen molar-refractivity contribution in [2.45, 2.75) is 17.5 Å². The molecule has 7 heteroatoms. The second kappa shape index (κ2) is 4.14. The molecule has 0 rings (SSSR count). The van der Waals surface area contributed by atoms with Crippen LogP contribution in [0.1, 0.15) is 13.8 Å². The van der Waals surface area contributed by atoms with Crippen LogP contribution < -0.4 is 0 Å². The lowest BCUT2D eigenvalue weighted by Crippen LogP contribution is -2.31. The highest BCUT2D eigenvalue weighted by atomic mass is 35.5. The maximum absolute atomic E-state index is 10.4. The van der Waals surface area contributed by atoms with Gasteiger partial charge < -0.3 is 0 Å². The van der Waals surface area contributed by atoms with Gasteiger partial charge in [0.05, 0.1) is 0 Å². The van der Waals surface area contributed by atoms with E-state index in [0.717, 1.165) is 0 Å². The van der Waals surface area contributed by atoms with Gasteiger partial charge >= 0.3 is 0 Å². The van der Waals surface area contributed by atoms with E-state index in [1.807, 2.05) is 0 Å². The van der Waals surface area contributed by atoms with Gasteiger partial charge in [0.25, 0.3) is 10.1 Å². The van der Waals surface area contributed by atoms with Crippen molar-refractivity contribution < 1.29 is 13.0 Å². The van der Waals surface area contributed by atoms with Gasteiger partial charge in [-0.05, 0) is 0 Å². The van der Waals surface area contributed by atoms with Gasteiger partial charge in [-0.1, -0.05) is 37.0 Å². The molecule has 0 saturated heterocycles. The van der Waals surface area contributed by atoms with Crippen molar-refractivity contribution in [3.05, 3.63) is 0 Å². The third-order valence-electron chi connectivity index (χ3n) is 1.02. The van der Waals surface area contributed by atoms with E-state index >= 15 is 0 Å². The molecule has 0 amide bonds. The fraction of sp³-hybridized carbons (Fsp3) is 1.00. The van der Waals surface area contributed by atoms with Crippen LogP contribution in [0, 0.1) is 5.92 Å². The summed E-state index contributed by atoms with van der Waals surface area (Å²) in [5.74, 6) is -0.550. The van der Waals surface area contributed by atoms with Gasteiger partial charge in [-0.3, -0.25) is 4.55 Å². The highest BCUT2D eigenvalue weighted by Crippen LogP contribution is 2.34. The summed E-state index contributed by atoms with van der Waals surface area (Å²) >= 11 is 10.5. The van der Waals surface area contributed by atoms with E-state index < -0.39 is 19.7 Å². The van der Waals surface area contributed by atoms with Gasteiger partial charge in [0.15, 0.2) is 0 Å². The summed E-state index contributed by atoms with van der Waals surface area (Å²) in [5.41, 5.74) is 0. The van der Waals surface area contributed by atoms with Gasteiger partial charge in [0.1, 0.15) is 0 Å². The Morgan fingerprint density at radius 3 is 1.64 bits per heavy atom. The fourth-order valence-electron chi connectivity index (χ4n) is 0.298. The van der Waals surface area contributed by atoms with Crippen molar-refractivity contribution >= 4 is 45.7 Å². The maximum Gasteiger partial charge on any atom is 0.299 e. The minimum absolute atomic E-state index is 0. The number of rotatable bonds is 2. The van der Waals surface area contributed by atoms with E-state index in [0.29, 0.717) is 0 Å². The maximum atomic E-state index is 10.4. The Morgan fingerprint density at radius 1 is 1.36 bits per heavy atom. The average Bonchev–Trinajstić information content (AvgIpc) is 1.62. The summed E-state index contributed by atoms with van der Waals surface area (Å²) in [5, 5.41) is 0. The molecule has 0 fully saturated rings. The lowest BCUT2D eigenvalue weighted by Gasteiger charge is -2.19. The predicted molar refractivity (Wildman–Crippen MR) is 48.1 cm³/mol. The molecular formula is C4H9Cl3O3S. The smallest absolute Gasteiger partial charge is 0.283 e. The zero-order valence-electron chi connectivity index (χ0n) is 5.91. The number of hydrogen-bond acceptors (Lipinski definition) is 2. The standard InChI is InChI=1S/C4H8Cl2O3S.ClH/c1-3(2)4(5,6)10(7,8)9;/h3H,1-2H3,(H,7,8,9);1H. The summed E-state index contributed by atoms with van der Waals surface area (Å²) < 4.78 is 27.1. The molecule has 0 radical (unpaired) electrons. The van der Waals surface area contributed by atoms with Crippen LogP contribution in [-0.4, -0.2) is 16.6 Å². The average molecular weight is 244 g/mol. The Kier molecular flexibility index (Phi) is 5.39. The zero-order valence-corrected chi connectivity index (χ0v) is 9.06.